The summed E-state index contributed by atoms with van der Waals surface area (Å²) in [6, 6.07) is 5.43. The van der Waals surface area contributed by atoms with Gasteiger partial charge >= 0.3 is 12.5 Å². The van der Waals surface area contributed by atoms with Crippen LogP contribution in [0.2, 0.25) is 0 Å². The fourth-order valence-corrected chi connectivity index (χ4v) is 1.60. The van der Waals surface area contributed by atoms with E-state index >= 15 is 0 Å². The van der Waals surface area contributed by atoms with E-state index in [0.29, 0.717) is 0 Å². The normalized spacial score (nSPS) is 12.4. The molecule has 24 heavy (non-hydrogen) atoms. The van der Waals surface area contributed by atoms with Crippen LogP contribution in [0.1, 0.15) is 12.0 Å². The molecule has 4 nitrogen and oxygen atoms in total. The Balaban J connectivity index is 0.00000529. The third kappa shape index (κ3) is 9.67. The fraction of sp³-hybridized carbons (Fsp3) is 0.462. The number of para-hydroxylation sites is 1. The van der Waals surface area contributed by atoms with Gasteiger partial charge in [0.1, 0.15) is 5.75 Å². The summed E-state index contributed by atoms with van der Waals surface area (Å²) in [5.74, 6) is -0.352. The molecule has 0 spiro atoms. The molecule has 0 saturated heterocycles. The zero-order valence-corrected chi connectivity index (χ0v) is 14.8. The van der Waals surface area contributed by atoms with E-state index < -0.39 is 31.3 Å². The van der Waals surface area contributed by atoms with Gasteiger partial charge in [0, 0.05) is 25.7 Å². The molecule has 11 heteroatoms. The molecule has 1 aromatic rings. The van der Waals surface area contributed by atoms with Gasteiger partial charge in [-0.1, -0.05) is 18.2 Å². The summed E-state index contributed by atoms with van der Waals surface area (Å²) in [6.45, 7) is -0.498. The van der Waals surface area contributed by atoms with Crippen molar-refractivity contribution in [3.63, 3.8) is 0 Å². The number of guanidine groups is 1. The molecule has 1 aromatic carbocycles. The summed E-state index contributed by atoms with van der Waals surface area (Å²) in [6.07, 6.45) is -10.2. The van der Waals surface area contributed by atoms with E-state index in [1.807, 2.05) is 0 Å². The average Bonchev–Trinajstić information content (AvgIpc) is 2.41. The van der Waals surface area contributed by atoms with Gasteiger partial charge in [-0.3, -0.25) is 4.99 Å². The van der Waals surface area contributed by atoms with Crippen LogP contribution in [-0.2, 0) is 6.54 Å². The molecular formula is C13H16F6IN3O. The lowest BCUT2D eigenvalue weighted by Crippen LogP contribution is -2.38. The van der Waals surface area contributed by atoms with Gasteiger partial charge in [0.25, 0.3) is 0 Å². The van der Waals surface area contributed by atoms with Crippen LogP contribution in [0.5, 0.6) is 5.75 Å². The molecule has 0 bridgehead atoms. The van der Waals surface area contributed by atoms with Crippen LogP contribution in [0.25, 0.3) is 0 Å². The van der Waals surface area contributed by atoms with E-state index in [9.17, 15) is 26.3 Å². The Morgan fingerprint density at radius 1 is 1.08 bits per heavy atom. The number of hydrogen-bond acceptors (Lipinski definition) is 2. The van der Waals surface area contributed by atoms with Crippen LogP contribution in [0.15, 0.2) is 29.3 Å². The maximum Gasteiger partial charge on any atom is 0.573 e. The minimum absolute atomic E-state index is 0. The molecule has 0 atom stereocenters. The number of ether oxygens (including phenoxy) is 1. The molecule has 0 aliphatic heterocycles. The Labute approximate surface area is 151 Å². The first-order chi connectivity index (χ1) is 10.6. The van der Waals surface area contributed by atoms with Gasteiger partial charge < -0.3 is 15.4 Å². The Morgan fingerprint density at radius 3 is 2.25 bits per heavy atom. The van der Waals surface area contributed by atoms with Crippen molar-refractivity contribution >= 4 is 29.9 Å². The van der Waals surface area contributed by atoms with Gasteiger partial charge in [-0.2, -0.15) is 13.2 Å². The van der Waals surface area contributed by atoms with Crippen LogP contribution in [0.4, 0.5) is 26.3 Å². The van der Waals surface area contributed by atoms with Gasteiger partial charge in [-0.25, -0.2) is 0 Å². The summed E-state index contributed by atoms with van der Waals surface area (Å²) in [5.41, 5.74) is 0.184. The number of rotatable bonds is 5. The molecule has 0 aliphatic rings. The highest BCUT2D eigenvalue weighted by Gasteiger charge is 2.32. The second-order valence-corrected chi connectivity index (χ2v) is 4.37. The first-order valence-corrected chi connectivity index (χ1v) is 6.45. The van der Waals surface area contributed by atoms with Crippen molar-refractivity contribution in [2.45, 2.75) is 25.5 Å². The predicted octanol–water partition coefficient (Wildman–Crippen LogP) is 3.82. The molecular weight excluding hydrogens is 455 g/mol. The van der Waals surface area contributed by atoms with E-state index in [2.05, 4.69) is 20.4 Å². The van der Waals surface area contributed by atoms with Gasteiger partial charge in [0.05, 0.1) is 6.42 Å². The SMILES string of the molecule is CN=C(NCCC(F)(F)F)NCc1ccccc1OC(F)(F)F.I. The molecule has 1 rings (SSSR count). The second kappa shape index (κ2) is 9.79. The molecule has 0 aromatic heterocycles. The summed E-state index contributed by atoms with van der Waals surface area (Å²) in [4.78, 5) is 3.69. The second-order valence-electron chi connectivity index (χ2n) is 4.37. The molecule has 0 aliphatic carbocycles. The van der Waals surface area contributed by atoms with Crippen molar-refractivity contribution in [2.24, 2.45) is 4.99 Å². The Morgan fingerprint density at radius 2 is 1.71 bits per heavy atom. The zero-order chi connectivity index (χ0) is 17.5. The van der Waals surface area contributed by atoms with Crippen LogP contribution in [-0.4, -0.2) is 32.1 Å². The highest BCUT2D eigenvalue weighted by molar-refractivity contribution is 14.0. The minimum Gasteiger partial charge on any atom is -0.405 e. The maximum absolute atomic E-state index is 12.3. The van der Waals surface area contributed by atoms with E-state index in [1.54, 1.807) is 0 Å². The summed E-state index contributed by atoms with van der Waals surface area (Å²) in [5, 5.41) is 5.04. The number of aliphatic imine (C=N–C) groups is 1. The van der Waals surface area contributed by atoms with Crippen molar-refractivity contribution in [1.82, 2.24) is 10.6 Å². The Bertz CT molecular complexity index is 533. The summed E-state index contributed by atoms with van der Waals surface area (Å²) < 4.78 is 76.9. The monoisotopic (exact) mass is 471 g/mol. The number of alkyl halides is 6. The lowest BCUT2D eigenvalue weighted by molar-refractivity contribution is -0.274. The van der Waals surface area contributed by atoms with Crippen molar-refractivity contribution in [2.75, 3.05) is 13.6 Å². The molecule has 138 valence electrons. The largest absolute Gasteiger partial charge is 0.573 e. The van der Waals surface area contributed by atoms with Crippen LogP contribution in [0, 0.1) is 0 Å². The quantitative estimate of drug-likeness (QED) is 0.297. The predicted molar refractivity (Wildman–Crippen MR) is 87.4 cm³/mol. The molecule has 0 heterocycles. The van der Waals surface area contributed by atoms with Crippen molar-refractivity contribution in [1.29, 1.82) is 0 Å². The van der Waals surface area contributed by atoms with Crippen molar-refractivity contribution in [3.05, 3.63) is 29.8 Å². The fourth-order valence-electron chi connectivity index (χ4n) is 1.60. The topological polar surface area (TPSA) is 45.7 Å². The van der Waals surface area contributed by atoms with Crippen LogP contribution in [0.3, 0.4) is 0 Å². The Hall–Kier alpha value is -1.40. The molecule has 2 N–H and O–H groups in total. The molecule has 0 fully saturated rings. The lowest BCUT2D eigenvalue weighted by atomic mass is 10.2. The number of hydrogen-bond donors (Lipinski definition) is 2. The van der Waals surface area contributed by atoms with Crippen molar-refractivity contribution in [3.8, 4) is 5.75 Å². The first-order valence-electron chi connectivity index (χ1n) is 6.45. The highest BCUT2D eigenvalue weighted by Crippen LogP contribution is 2.26. The number of benzene rings is 1. The molecule has 0 amide bonds. The Kier molecular flexibility index (Phi) is 9.22. The highest BCUT2D eigenvalue weighted by atomic mass is 127. The third-order valence-electron chi connectivity index (χ3n) is 2.57. The average molecular weight is 471 g/mol. The first kappa shape index (κ1) is 22.6. The van der Waals surface area contributed by atoms with E-state index in [0.717, 1.165) is 6.07 Å². The summed E-state index contributed by atoms with van der Waals surface area (Å²) >= 11 is 0. The number of nitrogens with zero attached hydrogens (tertiary/aromatic N) is 1. The van der Waals surface area contributed by atoms with Crippen molar-refractivity contribution < 1.29 is 31.1 Å². The zero-order valence-electron chi connectivity index (χ0n) is 12.5. The molecule has 0 saturated carbocycles. The van der Waals surface area contributed by atoms with E-state index in [4.69, 9.17) is 0 Å². The summed E-state index contributed by atoms with van der Waals surface area (Å²) in [7, 11) is 1.33. The maximum atomic E-state index is 12.3. The van der Waals surface area contributed by atoms with Gasteiger partial charge in [-0.05, 0) is 6.07 Å². The smallest absolute Gasteiger partial charge is 0.405 e. The van der Waals surface area contributed by atoms with Crippen LogP contribution < -0.4 is 15.4 Å². The molecule has 0 unspecified atom stereocenters. The number of nitrogens with one attached hydrogen (secondary N) is 2. The van der Waals surface area contributed by atoms with Crippen LogP contribution >= 0.6 is 24.0 Å². The lowest BCUT2D eigenvalue weighted by Gasteiger charge is -2.16. The van der Waals surface area contributed by atoms with E-state index in [1.165, 1.54) is 25.2 Å². The third-order valence-corrected chi connectivity index (χ3v) is 2.57. The van der Waals surface area contributed by atoms with Gasteiger partial charge in [-0.15, -0.1) is 37.1 Å². The van der Waals surface area contributed by atoms with Gasteiger partial charge in [0.2, 0.25) is 0 Å². The van der Waals surface area contributed by atoms with E-state index in [-0.39, 0.29) is 42.0 Å². The van der Waals surface area contributed by atoms with Gasteiger partial charge in [0.15, 0.2) is 5.96 Å². The molecule has 0 radical (unpaired) electrons. The minimum atomic E-state index is -4.83. The standard InChI is InChI=1S/C13H15F6N3O.HI/c1-20-11(21-7-6-12(14,15)16)22-8-9-4-2-3-5-10(9)23-13(17,18)19;/h2-5H,6-8H2,1H3,(H2,20,21,22);1H. The number of halogens is 7.